The summed E-state index contributed by atoms with van der Waals surface area (Å²) in [5, 5.41) is 9.30. The van der Waals surface area contributed by atoms with Crippen LogP contribution in [0.15, 0.2) is 12.7 Å². The van der Waals surface area contributed by atoms with E-state index < -0.39 is 0 Å². The maximum absolute atomic E-state index is 11.2. The van der Waals surface area contributed by atoms with E-state index in [1.807, 2.05) is 0 Å². The smallest absolute Gasteiger partial charge is 0.245 e. The van der Waals surface area contributed by atoms with Crippen molar-refractivity contribution in [2.75, 3.05) is 13.1 Å². The molecule has 3 heteroatoms. The molecule has 1 rings (SSSR count). The summed E-state index contributed by atoms with van der Waals surface area (Å²) in [6.45, 7) is 4.84. The Morgan fingerprint density at radius 2 is 2.25 bits per heavy atom. The van der Waals surface area contributed by atoms with Crippen LogP contribution in [-0.2, 0) is 4.79 Å². The van der Waals surface area contributed by atoms with Gasteiger partial charge in [0.1, 0.15) is 0 Å². The Bertz CT molecular complexity index is 179. The molecule has 1 amide bonds. The summed E-state index contributed by atoms with van der Waals surface area (Å²) in [5.74, 6) is -0.0240. The van der Waals surface area contributed by atoms with Crippen LogP contribution in [0.2, 0.25) is 0 Å². The molecule has 1 atom stereocenters. The number of hydrogen-bond acceptors (Lipinski definition) is 2. The number of likely N-dealkylation sites (tertiary alicyclic amines) is 1. The van der Waals surface area contributed by atoms with Crippen molar-refractivity contribution in [3.05, 3.63) is 12.7 Å². The molecule has 12 heavy (non-hydrogen) atoms. The van der Waals surface area contributed by atoms with Gasteiger partial charge in [-0.05, 0) is 25.3 Å². The number of rotatable bonds is 1. The minimum atomic E-state index is -0.229. The molecule has 0 radical (unpaired) electrons. The van der Waals surface area contributed by atoms with Crippen LogP contribution in [0.5, 0.6) is 0 Å². The van der Waals surface area contributed by atoms with Gasteiger partial charge in [0.25, 0.3) is 0 Å². The Morgan fingerprint density at radius 1 is 1.50 bits per heavy atom. The van der Waals surface area contributed by atoms with Crippen molar-refractivity contribution in [2.45, 2.75) is 25.4 Å². The van der Waals surface area contributed by atoms with Gasteiger partial charge in [0.05, 0.1) is 6.10 Å². The van der Waals surface area contributed by atoms with Crippen LogP contribution in [0.4, 0.5) is 0 Å². The zero-order chi connectivity index (χ0) is 8.97. The Hall–Kier alpha value is -0.830. The predicted molar refractivity (Wildman–Crippen MR) is 46.6 cm³/mol. The van der Waals surface area contributed by atoms with Crippen LogP contribution in [0.3, 0.4) is 0 Å². The van der Waals surface area contributed by atoms with Crippen LogP contribution in [0.25, 0.3) is 0 Å². The summed E-state index contributed by atoms with van der Waals surface area (Å²) >= 11 is 0. The lowest BCUT2D eigenvalue weighted by molar-refractivity contribution is -0.126. The molecule has 1 saturated heterocycles. The lowest BCUT2D eigenvalue weighted by atomic mass is 10.2. The molecular weight excluding hydrogens is 154 g/mol. The summed E-state index contributed by atoms with van der Waals surface area (Å²) in [6, 6.07) is 0. The summed E-state index contributed by atoms with van der Waals surface area (Å²) < 4.78 is 0. The maximum Gasteiger partial charge on any atom is 0.245 e. The van der Waals surface area contributed by atoms with E-state index in [2.05, 4.69) is 6.58 Å². The zero-order valence-corrected chi connectivity index (χ0v) is 7.20. The number of nitrogens with zero attached hydrogens (tertiary/aromatic N) is 1. The second-order valence-corrected chi connectivity index (χ2v) is 3.11. The Balaban J connectivity index is 2.45. The average Bonchev–Trinajstić information content (AvgIpc) is 2.29. The van der Waals surface area contributed by atoms with Crippen molar-refractivity contribution >= 4 is 5.91 Å². The van der Waals surface area contributed by atoms with Gasteiger partial charge >= 0.3 is 0 Å². The summed E-state index contributed by atoms with van der Waals surface area (Å²) in [5.41, 5.74) is 0. The molecule has 0 bridgehead atoms. The number of aliphatic hydroxyl groups excluding tert-OH is 1. The lowest BCUT2D eigenvalue weighted by Gasteiger charge is -2.17. The Kier molecular flexibility index (Phi) is 3.29. The van der Waals surface area contributed by atoms with Gasteiger partial charge in [0.15, 0.2) is 0 Å². The second kappa shape index (κ2) is 4.26. The first-order valence-electron chi connectivity index (χ1n) is 4.33. The maximum atomic E-state index is 11.2. The number of carbonyl (C=O) groups is 1. The molecule has 1 aliphatic rings. The van der Waals surface area contributed by atoms with Gasteiger partial charge in [-0.25, -0.2) is 0 Å². The van der Waals surface area contributed by atoms with E-state index in [-0.39, 0.29) is 12.0 Å². The molecule has 0 saturated carbocycles. The molecule has 68 valence electrons. The number of aliphatic hydroxyl groups is 1. The van der Waals surface area contributed by atoms with Gasteiger partial charge in [0.2, 0.25) is 5.91 Å². The molecule has 0 aromatic carbocycles. The third-order valence-electron chi connectivity index (χ3n) is 2.18. The monoisotopic (exact) mass is 169 g/mol. The standard InChI is InChI=1S/C9H15NO2/c1-2-9(12)10-6-3-4-8(11)5-7-10/h2,8,11H,1,3-7H2. The SMILES string of the molecule is C=CC(=O)N1CCCC(O)CC1. The van der Waals surface area contributed by atoms with E-state index in [4.69, 9.17) is 0 Å². The van der Waals surface area contributed by atoms with Gasteiger partial charge in [0, 0.05) is 13.1 Å². The zero-order valence-electron chi connectivity index (χ0n) is 7.20. The van der Waals surface area contributed by atoms with Gasteiger partial charge in [-0.15, -0.1) is 0 Å². The minimum Gasteiger partial charge on any atom is -0.393 e. The molecule has 0 aromatic heterocycles. The first-order valence-corrected chi connectivity index (χ1v) is 4.33. The van der Waals surface area contributed by atoms with Crippen molar-refractivity contribution < 1.29 is 9.90 Å². The third-order valence-corrected chi connectivity index (χ3v) is 2.18. The van der Waals surface area contributed by atoms with E-state index in [1.54, 1.807) is 4.90 Å². The van der Waals surface area contributed by atoms with Crippen LogP contribution in [-0.4, -0.2) is 35.1 Å². The van der Waals surface area contributed by atoms with Crippen LogP contribution >= 0.6 is 0 Å². The molecule has 1 N–H and O–H groups in total. The van der Waals surface area contributed by atoms with Crippen LogP contribution in [0, 0.1) is 0 Å². The molecule has 0 spiro atoms. The van der Waals surface area contributed by atoms with Gasteiger partial charge in [-0.2, -0.15) is 0 Å². The molecule has 1 heterocycles. The fourth-order valence-corrected chi connectivity index (χ4v) is 1.43. The van der Waals surface area contributed by atoms with Crippen LogP contribution in [0.1, 0.15) is 19.3 Å². The molecule has 1 aliphatic heterocycles. The number of amides is 1. The van der Waals surface area contributed by atoms with Crippen LogP contribution < -0.4 is 0 Å². The van der Waals surface area contributed by atoms with Crippen molar-refractivity contribution in [2.24, 2.45) is 0 Å². The van der Waals surface area contributed by atoms with Crippen molar-refractivity contribution in [3.8, 4) is 0 Å². The van der Waals surface area contributed by atoms with E-state index in [1.165, 1.54) is 6.08 Å². The Labute approximate surface area is 72.7 Å². The molecule has 3 nitrogen and oxygen atoms in total. The second-order valence-electron chi connectivity index (χ2n) is 3.11. The number of carbonyl (C=O) groups excluding carboxylic acids is 1. The predicted octanol–water partition coefficient (Wildman–Crippen LogP) is 0.546. The molecule has 1 fully saturated rings. The van der Waals surface area contributed by atoms with Gasteiger partial charge in [-0.1, -0.05) is 6.58 Å². The van der Waals surface area contributed by atoms with Crippen molar-refractivity contribution in [1.29, 1.82) is 0 Å². The molecular formula is C9H15NO2. The Morgan fingerprint density at radius 3 is 2.92 bits per heavy atom. The first-order chi connectivity index (χ1) is 5.74. The quantitative estimate of drug-likeness (QED) is 0.582. The highest BCUT2D eigenvalue weighted by molar-refractivity contribution is 5.86. The average molecular weight is 169 g/mol. The minimum absolute atomic E-state index is 0.0240. The molecule has 0 aromatic rings. The van der Waals surface area contributed by atoms with Gasteiger partial charge < -0.3 is 10.0 Å². The fourth-order valence-electron chi connectivity index (χ4n) is 1.43. The first kappa shape index (κ1) is 9.26. The normalized spacial score (nSPS) is 24.8. The third kappa shape index (κ3) is 2.34. The van der Waals surface area contributed by atoms with E-state index in [0.717, 1.165) is 19.4 Å². The fraction of sp³-hybridized carbons (Fsp3) is 0.667. The lowest BCUT2D eigenvalue weighted by Crippen LogP contribution is -2.30. The van der Waals surface area contributed by atoms with E-state index in [9.17, 15) is 9.90 Å². The van der Waals surface area contributed by atoms with E-state index >= 15 is 0 Å². The topological polar surface area (TPSA) is 40.5 Å². The highest BCUT2D eigenvalue weighted by Gasteiger charge is 2.16. The van der Waals surface area contributed by atoms with Crippen molar-refractivity contribution in [1.82, 2.24) is 4.90 Å². The largest absolute Gasteiger partial charge is 0.393 e. The summed E-state index contributed by atoms with van der Waals surface area (Å²) in [4.78, 5) is 12.9. The molecule has 1 unspecified atom stereocenters. The highest BCUT2D eigenvalue weighted by Crippen LogP contribution is 2.10. The highest BCUT2D eigenvalue weighted by atomic mass is 16.3. The summed E-state index contributed by atoms with van der Waals surface area (Å²) in [7, 11) is 0. The molecule has 0 aliphatic carbocycles. The van der Waals surface area contributed by atoms with Gasteiger partial charge in [-0.3, -0.25) is 4.79 Å². The van der Waals surface area contributed by atoms with Crippen molar-refractivity contribution in [3.63, 3.8) is 0 Å². The van der Waals surface area contributed by atoms with E-state index in [0.29, 0.717) is 13.0 Å². The number of hydrogen-bond donors (Lipinski definition) is 1. The summed E-state index contributed by atoms with van der Waals surface area (Å²) in [6.07, 6.45) is 3.49.